The Bertz CT molecular complexity index is 728. The average molecular weight is 315 g/mol. The van der Waals surface area contributed by atoms with Crippen LogP contribution in [0, 0.1) is 18.8 Å². The van der Waals surface area contributed by atoms with Crippen molar-refractivity contribution in [2.45, 2.75) is 44.2 Å². The van der Waals surface area contributed by atoms with E-state index in [1.807, 2.05) is 37.4 Å². The number of benzene rings is 1. The summed E-state index contributed by atoms with van der Waals surface area (Å²) in [4.78, 5) is 4.27. The minimum Gasteiger partial charge on any atom is -0.378 e. The van der Waals surface area contributed by atoms with E-state index in [-0.39, 0.29) is 6.04 Å². The first-order valence-electron chi connectivity index (χ1n) is 7.56. The molecule has 3 nitrogen and oxygen atoms in total. The fourth-order valence-corrected chi connectivity index (χ4v) is 3.29. The lowest BCUT2D eigenvalue weighted by atomic mass is 9.82. The predicted octanol–water partition coefficient (Wildman–Crippen LogP) is 3.74. The van der Waals surface area contributed by atoms with Crippen molar-refractivity contribution in [2.75, 3.05) is 0 Å². The molecule has 4 heteroatoms. The second kappa shape index (κ2) is 6.16. The number of nitrogens with zero attached hydrogens (tertiary/aromatic N) is 2. The van der Waals surface area contributed by atoms with Gasteiger partial charge in [0.05, 0.1) is 0 Å². The van der Waals surface area contributed by atoms with E-state index in [1.165, 1.54) is 0 Å². The van der Waals surface area contributed by atoms with Crippen LogP contribution >= 0.6 is 11.6 Å². The molecule has 1 aromatic carbocycles. The van der Waals surface area contributed by atoms with Gasteiger partial charge in [0.25, 0.3) is 0 Å². The van der Waals surface area contributed by atoms with Gasteiger partial charge >= 0.3 is 0 Å². The molecular weight excluding hydrogens is 296 g/mol. The summed E-state index contributed by atoms with van der Waals surface area (Å²) in [5.41, 5.74) is -0.107. The number of hydrogen-bond donors (Lipinski definition) is 1. The molecule has 1 heterocycles. The van der Waals surface area contributed by atoms with E-state index in [4.69, 9.17) is 11.6 Å². The van der Waals surface area contributed by atoms with E-state index in [2.05, 4.69) is 21.4 Å². The largest absolute Gasteiger partial charge is 0.378 e. The molecule has 2 aromatic rings. The summed E-state index contributed by atoms with van der Waals surface area (Å²) < 4.78 is 2.14. The zero-order valence-corrected chi connectivity index (χ0v) is 13.3. The van der Waals surface area contributed by atoms with Crippen molar-refractivity contribution in [3.8, 4) is 11.8 Å². The van der Waals surface area contributed by atoms with Crippen LogP contribution in [-0.2, 0) is 0 Å². The van der Waals surface area contributed by atoms with Crippen LogP contribution < -0.4 is 0 Å². The summed E-state index contributed by atoms with van der Waals surface area (Å²) in [5.74, 6) is 7.12. The van der Waals surface area contributed by atoms with Crippen LogP contribution in [0.1, 0.15) is 43.1 Å². The number of hydrogen-bond acceptors (Lipinski definition) is 2. The van der Waals surface area contributed by atoms with Gasteiger partial charge in [0.2, 0.25) is 0 Å². The van der Waals surface area contributed by atoms with Crippen molar-refractivity contribution in [3.63, 3.8) is 0 Å². The Balaban J connectivity index is 1.80. The van der Waals surface area contributed by atoms with E-state index >= 15 is 0 Å². The van der Waals surface area contributed by atoms with Crippen LogP contribution in [-0.4, -0.2) is 20.3 Å². The molecule has 0 saturated heterocycles. The molecule has 3 rings (SSSR count). The number of imidazole rings is 1. The lowest BCUT2D eigenvalue weighted by Crippen LogP contribution is -2.35. The standard InChI is InChI=1S/C18H19ClN2O/c1-14-20-10-11-21(14)17-6-3-8-18(22,13-17)9-7-15-4-2-5-16(19)12-15/h2,4-5,10-12,17,22H,3,6,8,13H2,1H3/t17-,18-/m1/s1. The van der Waals surface area contributed by atoms with Crippen LogP contribution in [0.15, 0.2) is 36.7 Å². The van der Waals surface area contributed by atoms with Crippen LogP contribution in [0.2, 0.25) is 5.02 Å². The summed E-state index contributed by atoms with van der Waals surface area (Å²) in [6.45, 7) is 1.99. The summed E-state index contributed by atoms with van der Waals surface area (Å²) in [5, 5.41) is 11.5. The Morgan fingerprint density at radius 1 is 1.45 bits per heavy atom. The smallest absolute Gasteiger partial charge is 0.127 e. The number of rotatable bonds is 1. The van der Waals surface area contributed by atoms with Gasteiger partial charge in [-0.25, -0.2) is 4.98 Å². The Morgan fingerprint density at radius 3 is 3.05 bits per heavy atom. The first-order chi connectivity index (χ1) is 10.6. The number of aryl methyl sites for hydroxylation is 1. The van der Waals surface area contributed by atoms with Gasteiger partial charge in [-0.3, -0.25) is 0 Å². The van der Waals surface area contributed by atoms with Crippen molar-refractivity contribution >= 4 is 11.6 Å². The van der Waals surface area contributed by atoms with Crippen LogP contribution in [0.3, 0.4) is 0 Å². The normalized spacial score (nSPS) is 24.6. The lowest BCUT2D eigenvalue weighted by molar-refractivity contribution is 0.0394. The van der Waals surface area contributed by atoms with Crippen molar-refractivity contribution in [3.05, 3.63) is 53.1 Å². The van der Waals surface area contributed by atoms with Crippen molar-refractivity contribution in [1.82, 2.24) is 9.55 Å². The Morgan fingerprint density at radius 2 is 2.32 bits per heavy atom. The molecule has 0 bridgehead atoms. The predicted molar refractivity (Wildman–Crippen MR) is 87.7 cm³/mol. The summed E-state index contributed by atoms with van der Waals surface area (Å²) >= 11 is 5.97. The van der Waals surface area contributed by atoms with Crippen LogP contribution in [0.5, 0.6) is 0 Å². The molecule has 1 N–H and O–H groups in total. The van der Waals surface area contributed by atoms with Crippen molar-refractivity contribution in [2.24, 2.45) is 0 Å². The zero-order valence-electron chi connectivity index (χ0n) is 12.6. The molecule has 1 aliphatic carbocycles. The molecule has 0 unspecified atom stereocenters. The third kappa shape index (κ3) is 3.35. The Kier molecular flexibility index (Phi) is 4.24. The van der Waals surface area contributed by atoms with E-state index in [9.17, 15) is 5.11 Å². The molecule has 1 fully saturated rings. The molecule has 0 aliphatic heterocycles. The van der Waals surface area contributed by atoms with E-state index < -0.39 is 5.60 Å². The van der Waals surface area contributed by atoms with E-state index in [0.29, 0.717) is 17.9 Å². The molecule has 0 amide bonds. The van der Waals surface area contributed by atoms with Gasteiger partial charge in [-0.05, 0) is 44.4 Å². The fourth-order valence-electron chi connectivity index (χ4n) is 3.10. The van der Waals surface area contributed by atoms with E-state index in [1.54, 1.807) is 6.20 Å². The minimum atomic E-state index is -0.943. The summed E-state index contributed by atoms with van der Waals surface area (Å²) in [7, 11) is 0. The maximum Gasteiger partial charge on any atom is 0.127 e. The monoisotopic (exact) mass is 314 g/mol. The molecule has 0 spiro atoms. The fraction of sp³-hybridized carbons (Fsp3) is 0.389. The van der Waals surface area contributed by atoms with E-state index in [0.717, 1.165) is 24.2 Å². The van der Waals surface area contributed by atoms with Gasteiger partial charge in [-0.1, -0.05) is 29.5 Å². The molecule has 22 heavy (non-hydrogen) atoms. The van der Waals surface area contributed by atoms with Crippen LogP contribution in [0.4, 0.5) is 0 Å². The maximum atomic E-state index is 10.8. The summed E-state index contributed by atoms with van der Waals surface area (Å²) in [6.07, 6.45) is 7.15. The highest BCUT2D eigenvalue weighted by Crippen LogP contribution is 2.35. The topological polar surface area (TPSA) is 38.0 Å². The molecule has 114 valence electrons. The second-order valence-electron chi connectivity index (χ2n) is 5.92. The molecule has 1 aliphatic rings. The van der Waals surface area contributed by atoms with Crippen molar-refractivity contribution < 1.29 is 5.11 Å². The zero-order chi connectivity index (χ0) is 15.6. The number of halogens is 1. The average Bonchev–Trinajstić information content (AvgIpc) is 2.92. The van der Waals surface area contributed by atoms with Crippen molar-refractivity contribution in [1.29, 1.82) is 0 Å². The first kappa shape index (κ1) is 15.1. The molecular formula is C18H19ClN2O. The lowest BCUT2D eigenvalue weighted by Gasteiger charge is -2.34. The van der Waals surface area contributed by atoms with Crippen LogP contribution in [0.25, 0.3) is 0 Å². The molecule has 1 aromatic heterocycles. The molecule has 0 radical (unpaired) electrons. The molecule has 1 saturated carbocycles. The quantitative estimate of drug-likeness (QED) is 0.814. The third-order valence-electron chi connectivity index (χ3n) is 4.22. The van der Waals surface area contributed by atoms with Gasteiger partial charge in [0.1, 0.15) is 11.4 Å². The van der Waals surface area contributed by atoms with Gasteiger partial charge < -0.3 is 9.67 Å². The highest BCUT2D eigenvalue weighted by atomic mass is 35.5. The Hall–Kier alpha value is -1.76. The molecule has 2 atom stereocenters. The number of aliphatic hydroxyl groups is 1. The SMILES string of the molecule is Cc1nccn1[C@@H]1CCC[C@@](O)(C#Cc2cccc(Cl)c2)C1. The number of aromatic nitrogens is 2. The van der Waals surface area contributed by atoms with Gasteiger partial charge in [0.15, 0.2) is 0 Å². The Labute approximate surface area is 136 Å². The highest BCUT2D eigenvalue weighted by Gasteiger charge is 2.33. The summed E-state index contributed by atoms with van der Waals surface area (Å²) in [6, 6.07) is 7.67. The maximum absolute atomic E-state index is 10.8. The highest BCUT2D eigenvalue weighted by molar-refractivity contribution is 6.30. The minimum absolute atomic E-state index is 0.259. The van der Waals surface area contributed by atoms with Gasteiger partial charge in [-0.15, -0.1) is 0 Å². The first-order valence-corrected chi connectivity index (χ1v) is 7.94. The van der Waals surface area contributed by atoms with Gasteiger partial charge in [0, 0.05) is 35.4 Å². The second-order valence-corrected chi connectivity index (χ2v) is 6.36. The van der Waals surface area contributed by atoms with Gasteiger partial charge in [-0.2, -0.15) is 0 Å². The third-order valence-corrected chi connectivity index (χ3v) is 4.46.